The lowest BCUT2D eigenvalue weighted by Crippen LogP contribution is -2.49. The van der Waals surface area contributed by atoms with Gasteiger partial charge in [0.05, 0.1) is 29.4 Å². The van der Waals surface area contributed by atoms with Gasteiger partial charge in [-0.15, -0.1) is 0 Å². The monoisotopic (exact) mass is 517 g/mol. The number of carbonyl (C=O) groups excluding carboxylic acids is 1. The van der Waals surface area contributed by atoms with E-state index in [1.807, 2.05) is 4.72 Å². The first-order valence-electron chi connectivity index (χ1n) is 12.1. The minimum Gasteiger partial charge on any atom is -0.492 e. The van der Waals surface area contributed by atoms with Gasteiger partial charge in [0.15, 0.2) is 0 Å². The Hall–Kier alpha value is -1.46. The van der Waals surface area contributed by atoms with Crippen LogP contribution < -0.4 is 14.8 Å². The number of nitrogens with zero attached hydrogens (tertiary/aromatic N) is 1. The smallest absolute Gasteiger partial charge is 0.304 e. The molecule has 1 amide bonds. The Balaban J connectivity index is 1.31. The van der Waals surface area contributed by atoms with Crippen molar-refractivity contribution in [2.45, 2.75) is 63.6 Å². The molecule has 2 heterocycles. The highest BCUT2D eigenvalue weighted by atomic mass is 35.5. The third-order valence-corrected chi connectivity index (χ3v) is 8.60. The van der Waals surface area contributed by atoms with Crippen molar-refractivity contribution in [3.63, 3.8) is 0 Å². The molecule has 0 radical (unpaired) electrons. The lowest BCUT2D eigenvalue weighted by molar-refractivity contribution is -0.0426. The molecule has 0 bridgehead atoms. The highest BCUT2D eigenvalue weighted by Crippen LogP contribution is 2.31. The van der Waals surface area contributed by atoms with Gasteiger partial charge in [0, 0.05) is 25.7 Å². The predicted octanol–water partition coefficient (Wildman–Crippen LogP) is 3.26. The molecule has 1 saturated carbocycles. The first-order valence-corrected chi connectivity index (χ1v) is 13.9. The van der Waals surface area contributed by atoms with E-state index in [1.165, 1.54) is 4.31 Å². The third kappa shape index (κ3) is 6.60. The Kier molecular flexibility index (Phi) is 8.68. The molecule has 1 unspecified atom stereocenters. The molecule has 0 spiro atoms. The summed E-state index contributed by atoms with van der Waals surface area (Å²) in [5, 5.41) is 3.37. The number of ether oxygens (including phenoxy) is 2. The van der Waals surface area contributed by atoms with E-state index >= 15 is 0 Å². The molecular weight excluding hydrogens is 485 g/mol. The average Bonchev–Trinajstić information content (AvgIpc) is 3.34. The van der Waals surface area contributed by atoms with E-state index < -0.39 is 27.5 Å². The molecule has 2 N–H and O–H groups in total. The van der Waals surface area contributed by atoms with Gasteiger partial charge < -0.3 is 14.8 Å². The summed E-state index contributed by atoms with van der Waals surface area (Å²) in [7, 11) is -4.12. The van der Waals surface area contributed by atoms with Gasteiger partial charge in [0.1, 0.15) is 11.6 Å². The highest BCUT2D eigenvalue weighted by Gasteiger charge is 2.32. The molecule has 11 heteroatoms. The summed E-state index contributed by atoms with van der Waals surface area (Å²) in [6.07, 6.45) is 7.74. The fourth-order valence-electron chi connectivity index (χ4n) is 4.85. The van der Waals surface area contributed by atoms with Crippen LogP contribution in [0, 0.1) is 11.7 Å². The molecule has 2 aliphatic heterocycles. The first-order chi connectivity index (χ1) is 16.3. The fraction of sp³-hybridized carbons (Fsp3) is 0.696. The van der Waals surface area contributed by atoms with Crippen molar-refractivity contribution in [2.75, 3.05) is 32.8 Å². The summed E-state index contributed by atoms with van der Waals surface area (Å²) in [6, 6.07) is 2.16. The zero-order chi connectivity index (χ0) is 24.1. The van der Waals surface area contributed by atoms with Gasteiger partial charge in [-0.2, -0.15) is 12.7 Å². The van der Waals surface area contributed by atoms with Crippen LogP contribution in [0.15, 0.2) is 12.1 Å². The van der Waals surface area contributed by atoms with Crippen molar-refractivity contribution in [1.29, 1.82) is 0 Å². The molecule has 2 saturated heterocycles. The number of nitrogens with one attached hydrogen (secondary N) is 2. The molecule has 8 nitrogen and oxygen atoms in total. The zero-order valence-electron chi connectivity index (χ0n) is 19.2. The lowest BCUT2D eigenvalue weighted by Gasteiger charge is -2.34. The summed E-state index contributed by atoms with van der Waals surface area (Å²) in [6.45, 7) is 2.70. The quantitative estimate of drug-likeness (QED) is 0.549. The number of hydrogen-bond acceptors (Lipinski definition) is 6. The van der Waals surface area contributed by atoms with Crippen LogP contribution in [0.25, 0.3) is 0 Å². The predicted molar refractivity (Wildman–Crippen MR) is 127 cm³/mol. The van der Waals surface area contributed by atoms with Crippen molar-refractivity contribution in [3.05, 3.63) is 28.5 Å². The molecule has 3 fully saturated rings. The second kappa shape index (κ2) is 11.5. The molecule has 0 aromatic heterocycles. The zero-order valence-corrected chi connectivity index (χ0v) is 20.8. The Morgan fingerprint density at radius 2 is 1.85 bits per heavy atom. The molecule has 34 heavy (non-hydrogen) atoms. The molecule has 1 aliphatic carbocycles. The molecule has 1 atom stereocenters. The maximum absolute atomic E-state index is 14.6. The van der Waals surface area contributed by atoms with Gasteiger partial charge in [-0.1, -0.05) is 24.4 Å². The normalized spacial score (nSPS) is 23.2. The van der Waals surface area contributed by atoms with Gasteiger partial charge in [-0.25, -0.2) is 9.11 Å². The van der Waals surface area contributed by atoms with Crippen LogP contribution in [0.4, 0.5) is 4.39 Å². The Labute approximate surface area is 205 Å². The van der Waals surface area contributed by atoms with Crippen molar-refractivity contribution in [1.82, 2.24) is 14.3 Å². The third-order valence-electron chi connectivity index (χ3n) is 6.81. The van der Waals surface area contributed by atoms with Gasteiger partial charge >= 0.3 is 10.2 Å². The largest absolute Gasteiger partial charge is 0.492 e. The van der Waals surface area contributed by atoms with E-state index in [0.29, 0.717) is 25.4 Å². The summed E-state index contributed by atoms with van der Waals surface area (Å²) in [4.78, 5) is 12.6. The standard InChI is InChI=1S/C23H33ClFN3O5S/c24-20-12-19(21(25)13-22(20)32-15-16-4-1-2-5-16)23(29)27-34(30,31)28-10-7-17(8-11-28)33-18-6-3-9-26-14-18/h12-13,16-18,26H,1-11,14-15H2,(H,27,29). The number of amides is 1. The van der Waals surface area contributed by atoms with Gasteiger partial charge in [0.25, 0.3) is 5.91 Å². The van der Waals surface area contributed by atoms with E-state index in [1.54, 1.807) is 0 Å². The van der Waals surface area contributed by atoms with E-state index in [9.17, 15) is 17.6 Å². The maximum Gasteiger partial charge on any atom is 0.304 e. The summed E-state index contributed by atoms with van der Waals surface area (Å²) in [5.41, 5.74) is -0.440. The van der Waals surface area contributed by atoms with Crippen LogP contribution in [-0.2, 0) is 14.9 Å². The fourth-order valence-corrected chi connectivity index (χ4v) is 6.23. The van der Waals surface area contributed by atoms with Crippen LogP contribution in [0.5, 0.6) is 5.75 Å². The Morgan fingerprint density at radius 3 is 2.53 bits per heavy atom. The second-order valence-electron chi connectivity index (χ2n) is 9.36. The van der Waals surface area contributed by atoms with Gasteiger partial charge in [0.2, 0.25) is 0 Å². The van der Waals surface area contributed by atoms with Crippen molar-refractivity contribution in [3.8, 4) is 5.75 Å². The summed E-state index contributed by atoms with van der Waals surface area (Å²) in [5.74, 6) is -1.37. The first kappa shape index (κ1) is 25.6. The maximum atomic E-state index is 14.6. The molecule has 190 valence electrons. The van der Waals surface area contributed by atoms with E-state index in [4.69, 9.17) is 21.1 Å². The number of halogens is 2. The number of piperidine rings is 2. The van der Waals surface area contributed by atoms with Gasteiger partial charge in [-0.3, -0.25) is 4.79 Å². The lowest BCUT2D eigenvalue weighted by atomic mass is 10.1. The summed E-state index contributed by atoms with van der Waals surface area (Å²) < 4.78 is 55.0. The highest BCUT2D eigenvalue weighted by molar-refractivity contribution is 7.87. The Bertz CT molecular complexity index is 960. The van der Waals surface area contributed by atoms with Crippen LogP contribution in [-0.4, -0.2) is 63.6 Å². The SMILES string of the molecule is O=C(NS(=O)(=O)N1CCC(OC2CCCNC2)CC1)c1cc(Cl)c(OCC2CCCC2)cc1F. The molecule has 4 rings (SSSR count). The van der Waals surface area contributed by atoms with Crippen LogP contribution in [0.3, 0.4) is 0 Å². The van der Waals surface area contributed by atoms with Gasteiger partial charge in [-0.05, 0) is 57.1 Å². The van der Waals surface area contributed by atoms with Crippen molar-refractivity contribution >= 4 is 27.7 Å². The number of hydrogen-bond donors (Lipinski definition) is 2. The van der Waals surface area contributed by atoms with E-state index in [2.05, 4.69) is 5.32 Å². The topological polar surface area (TPSA) is 97.0 Å². The molecule has 3 aliphatic rings. The number of benzene rings is 1. The van der Waals surface area contributed by atoms with Crippen LogP contribution in [0.1, 0.15) is 61.7 Å². The van der Waals surface area contributed by atoms with Crippen molar-refractivity contribution in [2.24, 2.45) is 5.92 Å². The minimum absolute atomic E-state index is 0.0138. The number of carbonyl (C=O) groups is 1. The molecule has 1 aromatic carbocycles. The van der Waals surface area contributed by atoms with Crippen molar-refractivity contribution < 1.29 is 27.1 Å². The minimum atomic E-state index is -4.12. The second-order valence-corrected chi connectivity index (χ2v) is 11.4. The number of rotatable bonds is 8. The summed E-state index contributed by atoms with van der Waals surface area (Å²) >= 11 is 6.20. The van der Waals surface area contributed by atoms with Crippen LogP contribution in [0.2, 0.25) is 5.02 Å². The Morgan fingerprint density at radius 1 is 1.12 bits per heavy atom. The molecular formula is C23H33ClFN3O5S. The average molecular weight is 518 g/mol. The van der Waals surface area contributed by atoms with E-state index in [-0.39, 0.29) is 36.1 Å². The van der Waals surface area contributed by atoms with Crippen LogP contribution >= 0.6 is 11.6 Å². The molecule has 1 aromatic rings. The van der Waals surface area contributed by atoms with E-state index in [0.717, 1.165) is 63.7 Å².